The molecule has 0 fully saturated rings. The van der Waals surface area contributed by atoms with Crippen LogP contribution >= 0.6 is 0 Å². The summed E-state index contributed by atoms with van der Waals surface area (Å²) in [5.41, 5.74) is 2.85. The molecule has 0 saturated carbocycles. The van der Waals surface area contributed by atoms with Crippen molar-refractivity contribution >= 4 is 17.5 Å². The maximum atomic E-state index is 11.3. The smallest absolute Gasteiger partial charge is 0.411 e. The van der Waals surface area contributed by atoms with Gasteiger partial charge in [0.15, 0.2) is 0 Å². The van der Waals surface area contributed by atoms with Crippen LogP contribution in [-0.2, 0) is 4.74 Å². The lowest BCUT2D eigenvalue weighted by atomic mass is 10.1. The number of nitrogens with one attached hydrogen (secondary N) is 2. The van der Waals surface area contributed by atoms with E-state index in [-0.39, 0.29) is 6.04 Å². The van der Waals surface area contributed by atoms with Crippen LogP contribution in [0.5, 0.6) is 0 Å². The minimum absolute atomic E-state index is 0.178. The second kappa shape index (κ2) is 7.28. The highest BCUT2D eigenvalue weighted by molar-refractivity contribution is 5.84. The van der Waals surface area contributed by atoms with Crippen LogP contribution in [0.4, 0.5) is 16.2 Å². The molecule has 0 aliphatic rings. The van der Waals surface area contributed by atoms with Crippen LogP contribution in [0.1, 0.15) is 25.5 Å². The number of anilines is 2. The number of pyridine rings is 1. The molecule has 1 amide bonds. The van der Waals surface area contributed by atoms with Crippen LogP contribution in [-0.4, -0.2) is 17.7 Å². The summed E-state index contributed by atoms with van der Waals surface area (Å²) in [4.78, 5) is 15.3. The van der Waals surface area contributed by atoms with Gasteiger partial charge in [-0.3, -0.25) is 10.3 Å². The van der Waals surface area contributed by atoms with Crippen molar-refractivity contribution < 1.29 is 9.53 Å². The molecule has 21 heavy (non-hydrogen) atoms. The fourth-order valence-electron chi connectivity index (χ4n) is 1.92. The standard InChI is InChI=1S/C16H19N3O2/c1-3-21-16(20)19-15-6-4-14(5-7-15)18-12(2)13-8-10-17-11-9-13/h4-12,18H,3H2,1-2H3,(H,19,20). The second-order valence-electron chi connectivity index (χ2n) is 4.57. The zero-order valence-corrected chi connectivity index (χ0v) is 12.2. The Hall–Kier alpha value is -2.56. The van der Waals surface area contributed by atoms with Gasteiger partial charge in [0.2, 0.25) is 0 Å². The van der Waals surface area contributed by atoms with Crippen molar-refractivity contribution in [2.45, 2.75) is 19.9 Å². The Labute approximate surface area is 124 Å². The highest BCUT2D eigenvalue weighted by Crippen LogP contribution is 2.20. The minimum Gasteiger partial charge on any atom is -0.450 e. The molecule has 110 valence electrons. The average Bonchev–Trinajstić information content (AvgIpc) is 2.50. The third-order valence-electron chi connectivity index (χ3n) is 3.00. The normalized spacial score (nSPS) is 11.5. The van der Waals surface area contributed by atoms with Crippen molar-refractivity contribution in [3.63, 3.8) is 0 Å². The van der Waals surface area contributed by atoms with E-state index in [1.807, 2.05) is 36.4 Å². The quantitative estimate of drug-likeness (QED) is 0.876. The molecule has 2 rings (SSSR count). The molecular weight excluding hydrogens is 266 g/mol. The van der Waals surface area contributed by atoms with Crippen LogP contribution in [0, 0.1) is 0 Å². The highest BCUT2D eigenvalue weighted by Gasteiger charge is 2.05. The van der Waals surface area contributed by atoms with Gasteiger partial charge in [-0.05, 0) is 55.8 Å². The first kappa shape index (κ1) is 14.8. The van der Waals surface area contributed by atoms with E-state index in [1.165, 1.54) is 5.56 Å². The molecule has 0 bridgehead atoms. The van der Waals surface area contributed by atoms with Crippen molar-refractivity contribution in [1.82, 2.24) is 4.98 Å². The summed E-state index contributed by atoms with van der Waals surface area (Å²) < 4.78 is 4.83. The van der Waals surface area contributed by atoms with E-state index in [4.69, 9.17) is 4.74 Å². The molecule has 0 spiro atoms. The molecule has 1 heterocycles. The van der Waals surface area contributed by atoms with E-state index in [2.05, 4.69) is 22.5 Å². The molecule has 1 unspecified atom stereocenters. The Morgan fingerprint density at radius 2 is 1.76 bits per heavy atom. The van der Waals surface area contributed by atoms with Crippen molar-refractivity contribution in [1.29, 1.82) is 0 Å². The number of rotatable bonds is 5. The summed E-state index contributed by atoms with van der Waals surface area (Å²) in [6.45, 7) is 4.21. The van der Waals surface area contributed by atoms with Crippen molar-refractivity contribution in [2.75, 3.05) is 17.2 Å². The van der Waals surface area contributed by atoms with E-state index in [9.17, 15) is 4.79 Å². The molecule has 0 saturated heterocycles. The van der Waals surface area contributed by atoms with E-state index < -0.39 is 6.09 Å². The van der Waals surface area contributed by atoms with E-state index in [0.29, 0.717) is 12.3 Å². The minimum atomic E-state index is -0.441. The topological polar surface area (TPSA) is 63.2 Å². The van der Waals surface area contributed by atoms with Crippen molar-refractivity contribution in [3.8, 4) is 0 Å². The predicted molar refractivity (Wildman–Crippen MR) is 83.4 cm³/mol. The molecule has 1 aromatic carbocycles. The lowest BCUT2D eigenvalue weighted by molar-refractivity contribution is 0.168. The molecule has 5 heteroatoms. The number of hydrogen-bond acceptors (Lipinski definition) is 4. The van der Waals surface area contributed by atoms with Crippen LogP contribution in [0.25, 0.3) is 0 Å². The summed E-state index contributed by atoms with van der Waals surface area (Å²) in [5, 5.41) is 6.05. The molecule has 0 radical (unpaired) electrons. The molecule has 0 aliphatic carbocycles. The Kier molecular flexibility index (Phi) is 5.15. The zero-order chi connectivity index (χ0) is 15.1. The van der Waals surface area contributed by atoms with Gasteiger partial charge in [0.1, 0.15) is 0 Å². The Balaban J connectivity index is 1.95. The van der Waals surface area contributed by atoms with Crippen molar-refractivity contribution in [3.05, 3.63) is 54.4 Å². The lowest BCUT2D eigenvalue weighted by Gasteiger charge is -2.15. The van der Waals surface area contributed by atoms with Crippen LogP contribution in [0.3, 0.4) is 0 Å². The van der Waals surface area contributed by atoms with Gasteiger partial charge < -0.3 is 10.1 Å². The van der Waals surface area contributed by atoms with E-state index in [1.54, 1.807) is 19.3 Å². The Morgan fingerprint density at radius 3 is 2.38 bits per heavy atom. The van der Waals surface area contributed by atoms with Gasteiger partial charge in [0, 0.05) is 29.8 Å². The fraction of sp³-hybridized carbons (Fsp3) is 0.250. The number of hydrogen-bond donors (Lipinski definition) is 2. The SMILES string of the molecule is CCOC(=O)Nc1ccc(NC(C)c2ccncc2)cc1. The molecule has 1 aromatic heterocycles. The number of nitrogens with zero attached hydrogens (tertiary/aromatic N) is 1. The monoisotopic (exact) mass is 285 g/mol. The summed E-state index contributed by atoms with van der Waals surface area (Å²) >= 11 is 0. The largest absolute Gasteiger partial charge is 0.450 e. The summed E-state index contributed by atoms with van der Waals surface area (Å²) in [7, 11) is 0. The number of aromatic nitrogens is 1. The van der Waals surface area contributed by atoms with Gasteiger partial charge in [-0.2, -0.15) is 0 Å². The first-order valence-electron chi connectivity index (χ1n) is 6.89. The average molecular weight is 285 g/mol. The summed E-state index contributed by atoms with van der Waals surface area (Å²) in [6, 6.07) is 11.6. The third kappa shape index (κ3) is 4.49. The molecule has 0 aliphatic heterocycles. The van der Waals surface area contributed by atoms with Crippen LogP contribution in [0.2, 0.25) is 0 Å². The Bertz CT molecular complexity index is 570. The summed E-state index contributed by atoms with van der Waals surface area (Å²) in [5.74, 6) is 0. The first-order valence-corrected chi connectivity index (χ1v) is 6.89. The van der Waals surface area contributed by atoms with Gasteiger partial charge >= 0.3 is 6.09 Å². The highest BCUT2D eigenvalue weighted by atomic mass is 16.5. The molecule has 5 nitrogen and oxygen atoms in total. The zero-order valence-electron chi connectivity index (χ0n) is 12.2. The van der Waals surface area contributed by atoms with Gasteiger partial charge in [-0.25, -0.2) is 4.79 Å². The predicted octanol–water partition coefficient (Wildman–Crippen LogP) is 3.82. The number of carbonyl (C=O) groups is 1. The van der Waals surface area contributed by atoms with Gasteiger partial charge in [-0.1, -0.05) is 0 Å². The van der Waals surface area contributed by atoms with Gasteiger partial charge in [0.05, 0.1) is 6.61 Å². The van der Waals surface area contributed by atoms with E-state index in [0.717, 1.165) is 5.69 Å². The molecular formula is C16H19N3O2. The fourth-order valence-corrected chi connectivity index (χ4v) is 1.92. The number of amides is 1. The second-order valence-corrected chi connectivity index (χ2v) is 4.57. The van der Waals surface area contributed by atoms with E-state index >= 15 is 0 Å². The summed E-state index contributed by atoms with van der Waals surface area (Å²) in [6.07, 6.45) is 3.11. The number of carbonyl (C=O) groups excluding carboxylic acids is 1. The van der Waals surface area contributed by atoms with Crippen LogP contribution in [0.15, 0.2) is 48.8 Å². The Morgan fingerprint density at radius 1 is 1.14 bits per heavy atom. The maximum absolute atomic E-state index is 11.3. The lowest BCUT2D eigenvalue weighted by Crippen LogP contribution is -2.13. The number of benzene rings is 1. The number of ether oxygens (including phenoxy) is 1. The first-order chi connectivity index (χ1) is 10.2. The third-order valence-corrected chi connectivity index (χ3v) is 3.00. The molecule has 2 N–H and O–H groups in total. The van der Waals surface area contributed by atoms with Gasteiger partial charge in [0.25, 0.3) is 0 Å². The van der Waals surface area contributed by atoms with Gasteiger partial charge in [-0.15, -0.1) is 0 Å². The van der Waals surface area contributed by atoms with Crippen LogP contribution < -0.4 is 10.6 Å². The molecule has 2 aromatic rings. The van der Waals surface area contributed by atoms with Crippen molar-refractivity contribution in [2.24, 2.45) is 0 Å². The molecule has 1 atom stereocenters. The maximum Gasteiger partial charge on any atom is 0.411 e.